The van der Waals surface area contributed by atoms with Gasteiger partial charge in [0, 0.05) is 17.5 Å². The number of amides is 2. The zero-order valence-electron chi connectivity index (χ0n) is 18.1. The number of benzene rings is 1. The molecule has 164 valence electrons. The number of hydrogen-bond donors (Lipinski definition) is 2. The van der Waals surface area contributed by atoms with E-state index in [1.807, 2.05) is 68.6 Å². The van der Waals surface area contributed by atoms with Crippen LogP contribution in [-0.2, 0) is 9.47 Å². The number of unbranched alkanes of at least 4 members (excludes halogenated alkanes) is 1. The molecule has 0 aliphatic carbocycles. The summed E-state index contributed by atoms with van der Waals surface area (Å²) in [5, 5.41) is 7.60. The van der Waals surface area contributed by atoms with Gasteiger partial charge in [-0.1, -0.05) is 56.2 Å². The van der Waals surface area contributed by atoms with Gasteiger partial charge in [0.05, 0.1) is 0 Å². The molecule has 0 aliphatic heterocycles. The highest BCUT2D eigenvalue weighted by Crippen LogP contribution is 2.29. The molecule has 0 spiro atoms. The van der Waals surface area contributed by atoms with Crippen molar-refractivity contribution in [2.24, 2.45) is 0 Å². The minimum absolute atomic E-state index is 0.232. The summed E-state index contributed by atoms with van der Waals surface area (Å²) in [6.45, 7) is 7.80. The van der Waals surface area contributed by atoms with E-state index in [9.17, 15) is 9.59 Å². The van der Waals surface area contributed by atoms with Crippen LogP contribution in [0.2, 0.25) is 0 Å². The fourth-order valence-corrected chi connectivity index (χ4v) is 3.64. The van der Waals surface area contributed by atoms with Gasteiger partial charge in [-0.2, -0.15) is 0 Å². The molecule has 6 nitrogen and oxygen atoms in total. The van der Waals surface area contributed by atoms with E-state index in [0.29, 0.717) is 0 Å². The Balaban J connectivity index is 1.96. The Labute approximate surface area is 183 Å². The predicted octanol–water partition coefficient (Wildman–Crippen LogP) is 5.65. The first-order valence-corrected chi connectivity index (χ1v) is 11.2. The average molecular weight is 433 g/mol. The number of hydrogen-bond acceptors (Lipinski definition) is 5. The Morgan fingerprint density at radius 2 is 1.80 bits per heavy atom. The quantitative estimate of drug-likeness (QED) is 0.537. The number of alkyl carbamates (subject to hydrolysis) is 2. The second-order valence-electron chi connectivity index (χ2n) is 8.08. The second kappa shape index (κ2) is 11.6. The molecule has 2 amide bonds. The van der Waals surface area contributed by atoms with E-state index in [0.717, 1.165) is 29.7 Å². The van der Waals surface area contributed by atoms with E-state index in [-0.39, 0.29) is 12.6 Å². The topological polar surface area (TPSA) is 76.7 Å². The van der Waals surface area contributed by atoms with Crippen molar-refractivity contribution in [3.63, 3.8) is 0 Å². The third-order valence-electron chi connectivity index (χ3n) is 4.25. The second-order valence-corrected chi connectivity index (χ2v) is 9.06. The lowest BCUT2D eigenvalue weighted by Gasteiger charge is -2.24. The van der Waals surface area contributed by atoms with Crippen LogP contribution < -0.4 is 10.6 Å². The minimum atomic E-state index is -0.574. The fraction of sp³-hybridized carbons (Fsp3) is 0.478. The van der Waals surface area contributed by atoms with Gasteiger partial charge in [0.1, 0.15) is 5.60 Å². The van der Waals surface area contributed by atoms with Crippen molar-refractivity contribution in [1.29, 1.82) is 0 Å². The van der Waals surface area contributed by atoms with Crippen LogP contribution in [0.4, 0.5) is 9.59 Å². The summed E-state index contributed by atoms with van der Waals surface area (Å²) in [6, 6.07) is 13.3. The number of carbonyl (C=O) groups is 2. The summed E-state index contributed by atoms with van der Waals surface area (Å²) in [4.78, 5) is 25.6. The SMILES string of the molecule is CCCC[C@H](CNC(=O)OC(c1ccccc1)c1cccs1)NC(=O)OC(C)(C)C. The third kappa shape index (κ3) is 8.45. The summed E-state index contributed by atoms with van der Waals surface area (Å²) in [5.74, 6) is 0. The molecule has 0 saturated heterocycles. The molecule has 0 saturated carbocycles. The summed E-state index contributed by atoms with van der Waals surface area (Å²) in [7, 11) is 0. The number of rotatable bonds is 9. The first kappa shape index (κ1) is 23.7. The van der Waals surface area contributed by atoms with Gasteiger partial charge in [0.15, 0.2) is 6.10 Å². The monoisotopic (exact) mass is 432 g/mol. The average Bonchev–Trinajstić information content (AvgIpc) is 3.22. The molecule has 0 aliphatic rings. The number of thiophene rings is 1. The van der Waals surface area contributed by atoms with E-state index in [1.165, 1.54) is 11.3 Å². The Morgan fingerprint density at radius 1 is 1.07 bits per heavy atom. The van der Waals surface area contributed by atoms with Gasteiger partial charge in [-0.25, -0.2) is 9.59 Å². The van der Waals surface area contributed by atoms with E-state index in [1.54, 1.807) is 0 Å². The van der Waals surface area contributed by atoms with Crippen molar-refractivity contribution in [3.8, 4) is 0 Å². The molecule has 0 bridgehead atoms. The van der Waals surface area contributed by atoms with Crippen LogP contribution in [-0.4, -0.2) is 30.4 Å². The van der Waals surface area contributed by atoms with Crippen molar-refractivity contribution >= 4 is 23.5 Å². The smallest absolute Gasteiger partial charge is 0.408 e. The van der Waals surface area contributed by atoms with Gasteiger partial charge in [-0.05, 0) is 44.2 Å². The molecule has 1 aromatic carbocycles. The van der Waals surface area contributed by atoms with Crippen LogP contribution in [0.1, 0.15) is 63.5 Å². The maximum absolute atomic E-state index is 12.5. The molecule has 2 atom stereocenters. The summed E-state index contributed by atoms with van der Waals surface area (Å²) < 4.78 is 11.1. The van der Waals surface area contributed by atoms with Crippen LogP contribution in [0.5, 0.6) is 0 Å². The van der Waals surface area contributed by atoms with Crippen LogP contribution in [0.3, 0.4) is 0 Å². The number of nitrogens with one attached hydrogen (secondary N) is 2. The van der Waals surface area contributed by atoms with E-state index < -0.39 is 23.9 Å². The lowest BCUT2D eigenvalue weighted by atomic mass is 10.1. The molecule has 2 rings (SSSR count). The van der Waals surface area contributed by atoms with Crippen molar-refractivity contribution in [3.05, 3.63) is 58.3 Å². The molecule has 1 heterocycles. The van der Waals surface area contributed by atoms with Crippen LogP contribution in [0, 0.1) is 0 Å². The Morgan fingerprint density at radius 3 is 2.40 bits per heavy atom. The number of carbonyl (C=O) groups excluding carboxylic acids is 2. The minimum Gasteiger partial charge on any atom is -0.444 e. The number of ether oxygens (including phenoxy) is 2. The van der Waals surface area contributed by atoms with Crippen LogP contribution >= 0.6 is 11.3 Å². The molecule has 7 heteroatoms. The first-order valence-electron chi connectivity index (χ1n) is 10.3. The zero-order valence-corrected chi connectivity index (χ0v) is 19.0. The van der Waals surface area contributed by atoms with Gasteiger partial charge >= 0.3 is 12.2 Å². The highest BCUT2D eigenvalue weighted by molar-refractivity contribution is 7.10. The van der Waals surface area contributed by atoms with Crippen LogP contribution in [0.25, 0.3) is 0 Å². The van der Waals surface area contributed by atoms with E-state index in [4.69, 9.17) is 9.47 Å². The predicted molar refractivity (Wildman–Crippen MR) is 120 cm³/mol. The van der Waals surface area contributed by atoms with E-state index in [2.05, 4.69) is 17.6 Å². The maximum atomic E-state index is 12.5. The largest absolute Gasteiger partial charge is 0.444 e. The summed E-state index contributed by atoms with van der Waals surface area (Å²) in [6.07, 6.45) is 1.18. The van der Waals surface area contributed by atoms with Crippen molar-refractivity contribution in [2.75, 3.05) is 6.54 Å². The Kier molecular flexibility index (Phi) is 9.17. The summed E-state index contributed by atoms with van der Waals surface area (Å²) >= 11 is 1.54. The fourth-order valence-electron chi connectivity index (χ4n) is 2.86. The van der Waals surface area contributed by atoms with Gasteiger partial charge in [0.25, 0.3) is 0 Å². The van der Waals surface area contributed by atoms with Gasteiger partial charge in [-0.3, -0.25) is 0 Å². The zero-order chi connectivity index (χ0) is 22.0. The Bertz CT molecular complexity index is 772. The third-order valence-corrected chi connectivity index (χ3v) is 5.16. The van der Waals surface area contributed by atoms with Gasteiger partial charge < -0.3 is 20.1 Å². The Hall–Kier alpha value is -2.54. The van der Waals surface area contributed by atoms with Crippen LogP contribution in [0.15, 0.2) is 47.8 Å². The molecule has 2 N–H and O–H groups in total. The normalized spacial score (nSPS) is 13.2. The molecular formula is C23H32N2O4S. The van der Waals surface area contributed by atoms with Gasteiger partial charge in [0.2, 0.25) is 0 Å². The van der Waals surface area contributed by atoms with E-state index >= 15 is 0 Å². The highest BCUT2D eigenvalue weighted by Gasteiger charge is 2.22. The lowest BCUT2D eigenvalue weighted by Crippen LogP contribution is -2.45. The first-order chi connectivity index (χ1) is 14.3. The molecular weight excluding hydrogens is 400 g/mol. The molecule has 30 heavy (non-hydrogen) atoms. The maximum Gasteiger partial charge on any atom is 0.408 e. The van der Waals surface area contributed by atoms with Gasteiger partial charge in [-0.15, -0.1) is 11.3 Å². The lowest BCUT2D eigenvalue weighted by molar-refractivity contribution is 0.0498. The highest BCUT2D eigenvalue weighted by atomic mass is 32.1. The summed E-state index contributed by atoms with van der Waals surface area (Å²) in [5.41, 5.74) is 0.333. The standard InChI is InChI=1S/C23H32N2O4S/c1-5-6-13-18(25-22(27)29-23(2,3)4)16-24-21(26)28-20(19-14-10-15-30-19)17-11-8-7-9-12-17/h7-12,14-15,18,20H,5-6,13,16H2,1-4H3,(H,24,26)(H,25,27)/t18-,20?/m1/s1. The molecule has 2 aromatic rings. The van der Waals surface area contributed by atoms with Crippen molar-refractivity contribution < 1.29 is 19.1 Å². The molecule has 0 radical (unpaired) electrons. The van der Waals surface area contributed by atoms with Crippen molar-refractivity contribution in [1.82, 2.24) is 10.6 Å². The molecule has 0 fully saturated rings. The van der Waals surface area contributed by atoms with Crippen molar-refractivity contribution in [2.45, 2.75) is 64.7 Å². The molecule has 1 unspecified atom stereocenters. The molecule has 1 aromatic heterocycles.